The van der Waals surface area contributed by atoms with E-state index in [1.807, 2.05) is 0 Å². The Morgan fingerprint density at radius 3 is 2.67 bits per heavy atom. The molecular weight excluding hydrogens is 359 g/mol. The minimum absolute atomic E-state index is 0.00113. The second-order valence-electron chi connectivity index (χ2n) is 6.91. The molecule has 2 aliphatic rings. The second kappa shape index (κ2) is 8.42. The van der Waals surface area contributed by atoms with Crippen LogP contribution >= 0.6 is 0 Å². The maximum atomic E-state index is 13.9. The second-order valence-corrected chi connectivity index (χ2v) is 6.91. The van der Waals surface area contributed by atoms with Crippen molar-refractivity contribution in [2.75, 3.05) is 23.8 Å². The predicted octanol–water partition coefficient (Wildman–Crippen LogP) is 1.38. The van der Waals surface area contributed by atoms with E-state index < -0.39 is 17.1 Å². The number of hydrogen-bond donors (Lipinski definition) is 3. The molecule has 0 spiro atoms. The van der Waals surface area contributed by atoms with E-state index in [1.165, 1.54) is 0 Å². The summed E-state index contributed by atoms with van der Waals surface area (Å²) in [7, 11) is 0. The summed E-state index contributed by atoms with van der Waals surface area (Å²) in [5.74, 6) is -0.258. The number of rotatable bonds is 6. The smallest absolute Gasteiger partial charge is 0.329 e. The first-order valence-electron chi connectivity index (χ1n) is 8.99. The van der Waals surface area contributed by atoms with Crippen molar-refractivity contribution in [1.29, 1.82) is 0 Å². The molecule has 2 heterocycles. The Bertz CT molecular complexity index is 697. The number of aromatic nitrogens is 2. The highest BCUT2D eigenvalue weighted by Crippen LogP contribution is 2.29. The van der Waals surface area contributed by atoms with Gasteiger partial charge in [-0.2, -0.15) is 4.98 Å². The summed E-state index contributed by atoms with van der Waals surface area (Å²) >= 11 is 0. The van der Waals surface area contributed by atoms with E-state index in [2.05, 4.69) is 20.6 Å². The normalized spacial score (nSPS) is 28.3. The molecule has 0 unspecified atom stereocenters. The highest BCUT2D eigenvalue weighted by molar-refractivity contribution is 5.76. The lowest BCUT2D eigenvalue weighted by Gasteiger charge is -2.28. The molecule has 2 atom stereocenters. The van der Waals surface area contributed by atoms with Gasteiger partial charge in [0.05, 0.1) is 17.6 Å². The van der Waals surface area contributed by atoms with Gasteiger partial charge in [-0.25, -0.2) is 9.37 Å². The van der Waals surface area contributed by atoms with E-state index in [1.54, 1.807) is 0 Å². The van der Waals surface area contributed by atoms with Crippen molar-refractivity contribution in [3.8, 4) is 0 Å². The zero-order valence-corrected chi connectivity index (χ0v) is 14.8. The average Bonchev–Trinajstić information content (AvgIpc) is 2.64. The fourth-order valence-corrected chi connectivity index (χ4v) is 3.43. The van der Waals surface area contributed by atoms with Gasteiger partial charge in [-0.05, 0) is 32.1 Å². The summed E-state index contributed by atoms with van der Waals surface area (Å²) in [5, 5.41) is 17.3. The third-order valence-corrected chi connectivity index (χ3v) is 5.04. The summed E-state index contributed by atoms with van der Waals surface area (Å²) in [6, 6.07) is -0.557. The summed E-state index contributed by atoms with van der Waals surface area (Å²) in [6.07, 6.45) is 2.94. The predicted molar refractivity (Wildman–Crippen MR) is 95.0 cm³/mol. The van der Waals surface area contributed by atoms with Gasteiger partial charge in [0, 0.05) is 18.6 Å². The van der Waals surface area contributed by atoms with E-state index in [0.717, 1.165) is 6.20 Å². The molecule has 1 aliphatic heterocycles. The molecule has 0 bridgehead atoms. The first kappa shape index (κ1) is 19.2. The minimum Gasteiger partial charge on any atom is -0.378 e. The van der Waals surface area contributed by atoms with E-state index in [-0.39, 0.29) is 41.9 Å². The van der Waals surface area contributed by atoms with Crippen molar-refractivity contribution in [3.05, 3.63) is 16.3 Å². The van der Waals surface area contributed by atoms with Crippen molar-refractivity contribution in [2.45, 2.75) is 50.4 Å². The van der Waals surface area contributed by atoms with Gasteiger partial charge in [0.2, 0.25) is 17.7 Å². The SMILES string of the molecule is NC(=O)[C@H]1CC[C@@H](Nc2nc(N[C@@H]3CCOC[C@H]3F)ncc2[N+](=O)[O-])CC1. The Morgan fingerprint density at radius 2 is 2.04 bits per heavy atom. The maximum absolute atomic E-state index is 13.9. The molecule has 1 amide bonds. The summed E-state index contributed by atoms with van der Waals surface area (Å²) < 4.78 is 19.0. The van der Waals surface area contributed by atoms with Crippen LogP contribution in [0.2, 0.25) is 0 Å². The number of hydrogen-bond acceptors (Lipinski definition) is 8. The van der Waals surface area contributed by atoms with E-state index in [0.29, 0.717) is 38.7 Å². The Hall–Kier alpha value is -2.56. The molecular formula is C16H23FN6O4. The van der Waals surface area contributed by atoms with Gasteiger partial charge in [0.15, 0.2) is 0 Å². The minimum atomic E-state index is -1.20. The molecule has 27 heavy (non-hydrogen) atoms. The van der Waals surface area contributed by atoms with Gasteiger partial charge >= 0.3 is 5.69 Å². The molecule has 1 aromatic heterocycles. The Morgan fingerprint density at radius 1 is 1.30 bits per heavy atom. The van der Waals surface area contributed by atoms with Gasteiger partial charge < -0.3 is 21.1 Å². The van der Waals surface area contributed by atoms with Crippen LogP contribution < -0.4 is 16.4 Å². The maximum Gasteiger partial charge on any atom is 0.329 e. The van der Waals surface area contributed by atoms with Gasteiger partial charge in [0.1, 0.15) is 12.4 Å². The number of primary amides is 1. The average molecular weight is 382 g/mol. The highest BCUT2D eigenvalue weighted by atomic mass is 19.1. The Balaban J connectivity index is 1.70. The number of carbonyl (C=O) groups excluding carboxylic acids is 1. The van der Waals surface area contributed by atoms with Crippen molar-refractivity contribution in [1.82, 2.24) is 9.97 Å². The van der Waals surface area contributed by atoms with Crippen LogP contribution in [0.5, 0.6) is 0 Å². The quantitative estimate of drug-likeness (QED) is 0.494. The lowest BCUT2D eigenvalue weighted by molar-refractivity contribution is -0.384. The number of halogens is 1. The van der Waals surface area contributed by atoms with Gasteiger partial charge in [-0.3, -0.25) is 14.9 Å². The zero-order chi connectivity index (χ0) is 19.4. The Labute approximate surface area is 155 Å². The van der Waals surface area contributed by atoms with Gasteiger partial charge in [-0.15, -0.1) is 0 Å². The molecule has 148 valence electrons. The number of alkyl halides is 1. The van der Waals surface area contributed by atoms with Crippen LogP contribution in [0.4, 0.5) is 21.8 Å². The van der Waals surface area contributed by atoms with Crippen LogP contribution in [-0.4, -0.2) is 52.3 Å². The monoisotopic (exact) mass is 382 g/mol. The standard InChI is InChI=1S/C16H23FN6O4/c17-11-8-27-6-5-12(11)21-16-19-7-13(23(25)26)15(22-16)20-10-3-1-9(2-4-10)14(18)24/h7,9-12H,1-6,8H2,(H2,18,24)(H2,19,20,21,22)/t9-,10+,11-,12-/m1/s1. The molecule has 10 nitrogen and oxygen atoms in total. The molecule has 0 radical (unpaired) electrons. The third-order valence-electron chi connectivity index (χ3n) is 5.04. The molecule has 3 rings (SSSR count). The molecule has 2 fully saturated rings. The van der Waals surface area contributed by atoms with Crippen molar-refractivity contribution in [3.63, 3.8) is 0 Å². The summed E-state index contributed by atoms with van der Waals surface area (Å²) in [5.41, 5.74) is 5.08. The van der Waals surface area contributed by atoms with Crippen molar-refractivity contribution in [2.24, 2.45) is 11.7 Å². The first-order chi connectivity index (χ1) is 12.9. The van der Waals surface area contributed by atoms with E-state index in [4.69, 9.17) is 10.5 Å². The number of nitrogens with zero attached hydrogens (tertiary/aromatic N) is 3. The van der Waals surface area contributed by atoms with Crippen LogP contribution in [0, 0.1) is 16.0 Å². The summed E-state index contributed by atoms with van der Waals surface area (Å²) in [4.78, 5) is 30.1. The number of anilines is 2. The number of nitrogens with one attached hydrogen (secondary N) is 2. The van der Waals surface area contributed by atoms with Gasteiger partial charge in [0.25, 0.3) is 0 Å². The lowest BCUT2D eigenvalue weighted by atomic mass is 9.85. The summed E-state index contributed by atoms with van der Waals surface area (Å²) in [6.45, 7) is 0.429. The van der Waals surface area contributed by atoms with Crippen LogP contribution in [0.25, 0.3) is 0 Å². The van der Waals surface area contributed by atoms with Crippen molar-refractivity contribution >= 4 is 23.4 Å². The third kappa shape index (κ3) is 4.79. The number of ether oxygens (including phenoxy) is 1. The van der Waals surface area contributed by atoms with Crippen LogP contribution in [0.1, 0.15) is 32.1 Å². The zero-order valence-electron chi connectivity index (χ0n) is 14.8. The lowest BCUT2D eigenvalue weighted by Crippen LogP contribution is -2.39. The Kier molecular flexibility index (Phi) is 5.99. The number of carbonyl (C=O) groups is 1. The molecule has 1 saturated carbocycles. The van der Waals surface area contributed by atoms with Crippen LogP contribution in [-0.2, 0) is 9.53 Å². The molecule has 0 aromatic carbocycles. The van der Waals surface area contributed by atoms with Crippen LogP contribution in [0.3, 0.4) is 0 Å². The van der Waals surface area contributed by atoms with Crippen LogP contribution in [0.15, 0.2) is 6.20 Å². The highest BCUT2D eigenvalue weighted by Gasteiger charge is 2.29. The molecule has 4 N–H and O–H groups in total. The fraction of sp³-hybridized carbons (Fsp3) is 0.688. The number of nitrogens with two attached hydrogens (primary N) is 1. The first-order valence-corrected chi connectivity index (χ1v) is 8.99. The molecule has 1 aliphatic carbocycles. The van der Waals surface area contributed by atoms with E-state index >= 15 is 0 Å². The molecule has 11 heteroatoms. The van der Waals surface area contributed by atoms with E-state index in [9.17, 15) is 19.3 Å². The number of nitro groups is 1. The fourth-order valence-electron chi connectivity index (χ4n) is 3.43. The largest absolute Gasteiger partial charge is 0.378 e. The van der Waals surface area contributed by atoms with Gasteiger partial charge in [-0.1, -0.05) is 0 Å². The molecule has 1 aromatic rings. The topological polar surface area (TPSA) is 145 Å². The van der Waals surface area contributed by atoms with Crippen molar-refractivity contribution < 1.29 is 18.8 Å². The number of amides is 1. The molecule has 1 saturated heterocycles.